The zero-order valence-corrected chi connectivity index (χ0v) is 15.6. The molecule has 1 fully saturated rings. The number of carbonyl (C=O) groups excluding carboxylic acids is 1. The second kappa shape index (κ2) is 8.65. The van der Waals surface area contributed by atoms with Gasteiger partial charge in [0.15, 0.2) is 5.82 Å². The maximum Gasteiger partial charge on any atom is 0.222 e. The summed E-state index contributed by atoms with van der Waals surface area (Å²) in [6, 6.07) is 12.4. The molecule has 0 saturated carbocycles. The van der Waals surface area contributed by atoms with Crippen LogP contribution in [0.15, 0.2) is 42.6 Å². The number of aromatic nitrogens is 2. The fourth-order valence-corrected chi connectivity index (χ4v) is 3.18. The highest BCUT2D eigenvalue weighted by atomic mass is 16.2. The van der Waals surface area contributed by atoms with Crippen LogP contribution in [0.25, 0.3) is 0 Å². The molecule has 2 heterocycles. The van der Waals surface area contributed by atoms with Gasteiger partial charge in [-0.1, -0.05) is 30.3 Å². The Morgan fingerprint density at radius 1 is 1.12 bits per heavy atom. The molecule has 0 N–H and O–H groups in total. The topological polar surface area (TPSA) is 52.6 Å². The Morgan fingerprint density at radius 3 is 2.54 bits per heavy atom. The molecular formula is C20H27N5O. The molecule has 2 aromatic rings. The van der Waals surface area contributed by atoms with Gasteiger partial charge in [0.2, 0.25) is 5.91 Å². The molecule has 1 aromatic carbocycles. The second-order valence-corrected chi connectivity index (χ2v) is 6.87. The van der Waals surface area contributed by atoms with Crippen LogP contribution < -0.4 is 9.80 Å². The van der Waals surface area contributed by atoms with Crippen LogP contribution in [0.3, 0.4) is 0 Å². The first kappa shape index (κ1) is 18.2. The summed E-state index contributed by atoms with van der Waals surface area (Å²) in [5.41, 5.74) is 2.33. The van der Waals surface area contributed by atoms with Gasteiger partial charge in [0.25, 0.3) is 0 Å². The van der Waals surface area contributed by atoms with Crippen molar-refractivity contribution in [3.05, 3.63) is 48.2 Å². The number of nitrogens with zero attached hydrogens (tertiary/aromatic N) is 5. The van der Waals surface area contributed by atoms with Gasteiger partial charge in [-0.15, -0.1) is 5.10 Å². The third-order valence-corrected chi connectivity index (χ3v) is 4.80. The van der Waals surface area contributed by atoms with E-state index in [1.54, 1.807) is 6.20 Å². The van der Waals surface area contributed by atoms with Crippen molar-refractivity contribution in [3.8, 4) is 0 Å². The molecule has 3 rings (SSSR count). The molecule has 0 aliphatic carbocycles. The van der Waals surface area contributed by atoms with Crippen LogP contribution >= 0.6 is 0 Å². The molecule has 1 saturated heterocycles. The van der Waals surface area contributed by atoms with Gasteiger partial charge in [-0.25, -0.2) is 0 Å². The van der Waals surface area contributed by atoms with Crippen molar-refractivity contribution in [3.63, 3.8) is 0 Å². The summed E-state index contributed by atoms with van der Waals surface area (Å²) >= 11 is 0. The van der Waals surface area contributed by atoms with Crippen molar-refractivity contribution in [1.29, 1.82) is 0 Å². The summed E-state index contributed by atoms with van der Waals surface area (Å²) in [6.07, 6.45) is 4.24. The lowest BCUT2D eigenvalue weighted by Crippen LogP contribution is -2.49. The zero-order chi connectivity index (χ0) is 18.4. The maximum absolute atomic E-state index is 12.4. The Balaban J connectivity index is 1.45. The quantitative estimate of drug-likeness (QED) is 0.797. The SMILES string of the molecule is CN(C)c1cnnc(N2CCN(C(=O)CCCc3ccccc3)CC2)c1. The lowest BCUT2D eigenvalue weighted by atomic mass is 10.1. The minimum Gasteiger partial charge on any atom is -0.376 e. The number of rotatable bonds is 6. The molecule has 1 aliphatic heterocycles. The first-order valence-electron chi connectivity index (χ1n) is 9.20. The standard InChI is InChI=1S/C20H27N5O/c1-23(2)18-15-19(22-21-16-18)24-11-13-25(14-12-24)20(26)10-6-9-17-7-4-3-5-8-17/h3-5,7-8,15-16H,6,9-14H2,1-2H3. The highest BCUT2D eigenvalue weighted by molar-refractivity contribution is 5.76. The Morgan fingerprint density at radius 2 is 1.85 bits per heavy atom. The van der Waals surface area contributed by atoms with E-state index in [1.165, 1.54) is 5.56 Å². The number of hydrogen-bond acceptors (Lipinski definition) is 5. The van der Waals surface area contributed by atoms with E-state index in [0.717, 1.165) is 50.5 Å². The smallest absolute Gasteiger partial charge is 0.222 e. The van der Waals surface area contributed by atoms with E-state index in [9.17, 15) is 4.79 Å². The van der Waals surface area contributed by atoms with E-state index in [1.807, 2.05) is 48.2 Å². The van der Waals surface area contributed by atoms with Crippen LogP contribution in [-0.4, -0.2) is 61.3 Å². The molecule has 26 heavy (non-hydrogen) atoms. The van der Waals surface area contributed by atoms with E-state index in [2.05, 4.69) is 27.2 Å². The van der Waals surface area contributed by atoms with Gasteiger partial charge in [0, 0.05) is 52.8 Å². The summed E-state index contributed by atoms with van der Waals surface area (Å²) in [7, 11) is 3.99. The molecule has 1 aliphatic rings. The average molecular weight is 353 g/mol. The number of hydrogen-bond donors (Lipinski definition) is 0. The minimum atomic E-state index is 0.258. The fourth-order valence-electron chi connectivity index (χ4n) is 3.18. The average Bonchev–Trinajstić information content (AvgIpc) is 2.69. The highest BCUT2D eigenvalue weighted by Crippen LogP contribution is 2.19. The van der Waals surface area contributed by atoms with Crippen LogP contribution in [0.1, 0.15) is 18.4 Å². The number of aryl methyl sites for hydroxylation is 1. The van der Waals surface area contributed by atoms with Gasteiger partial charge in [-0.2, -0.15) is 5.10 Å². The predicted molar refractivity (Wildman–Crippen MR) is 105 cm³/mol. The summed E-state index contributed by atoms with van der Waals surface area (Å²) in [5, 5.41) is 8.33. The largest absolute Gasteiger partial charge is 0.376 e. The lowest BCUT2D eigenvalue weighted by Gasteiger charge is -2.35. The monoisotopic (exact) mass is 353 g/mol. The molecule has 138 valence electrons. The zero-order valence-electron chi connectivity index (χ0n) is 15.6. The molecule has 6 heteroatoms. The molecule has 0 spiro atoms. The Bertz CT molecular complexity index is 711. The Kier molecular flexibility index (Phi) is 6.04. The van der Waals surface area contributed by atoms with Gasteiger partial charge in [0.1, 0.15) is 0 Å². The second-order valence-electron chi connectivity index (χ2n) is 6.87. The van der Waals surface area contributed by atoms with Crippen LogP contribution in [0.5, 0.6) is 0 Å². The van der Waals surface area contributed by atoms with Crippen LogP contribution in [0.2, 0.25) is 0 Å². The van der Waals surface area contributed by atoms with Crippen LogP contribution in [0, 0.1) is 0 Å². The van der Waals surface area contributed by atoms with E-state index in [-0.39, 0.29) is 5.91 Å². The van der Waals surface area contributed by atoms with Crippen molar-refractivity contribution in [2.24, 2.45) is 0 Å². The fraction of sp³-hybridized carbons (Fsp3) is 0.450. The molecule has 1 amide bonds. The number of anilines is 2. The third-order valence-electron chi connectivity index (χ3n) is 4.80. The molecule has 0 atom stereocenters. The van der Waals surface area contributed by atoms with Gasteiger partial charge in [-0.05, 0) is 18.4 Å². The highest BCUT2D eigenvalue weighted by Gasteiger charge is 2.22. The maximum atomic E-state index is 12.4. The Labute approximate surface area is 155 Å². The number of carbonyl (C=O) groups is 1. The van der Waals surface area contributed by atoms with E-state index in [0.29, 0.717) is 6.42 Å². The third kappa shape index (κ3) is 4.71. The van der Waals surface area contributed by atoms with Crippen molar-refractivity contribution in [1.82, 2.24) is 15.1 Å². The molecule has 6 nitrogen and oxygen atoms in total. The van der Waals surface area contributed by atoms with E-state index in [4.69, 9.17) is 0 Å². The first-order chi connectivity index (χ1) is 12.6. The molecule has 0 radical (unpaired) electrons. The summed E-state index contributed by atoms with van der Waals surface area (Å²) in [5.74, 6) is 1.14. The summed E-state index contributed by atoms with van der Waals surface area (Å²) < 4.78 is 0. The molecular weight excluding hydrogens is 326 g/mol. The van der Waals surface area contributed by atoms with Crippen molar-refractivity contribution in [2.75, 3.05) is 50.1 Å². The first-order valence-corrected chi connectivity index (χ1v) is 9.20. The van der Waals surface area contributed by atoms with E-state index >= 15 is 0 Å². The summed E-state index contributed by atoms with van der Waals surface area (Å²) in [4.78, 5) is 18.6. The predicted octanol–water partition coefficient (Wildman–Crippen LogP) is 2.21. The molecule has 0 unspecified atom stereocenters. The van der Waals surface area contributed by atoms with Crippen molar-refractivity contribution < 1.29 is 4.79 Å². The van der Waals surface area contributed by atoms with Crippen LogP contribution in [0.4, 0.5) is 11.5 Å². The molecule has 0 bridgehead atoms. The summed E-state index contributed by atoms with van der Waals surface area (Å²) in [6.45, 7) is 3.10. The van der Waals surface area contributed by atoms with Crippen LogP contribution in [-0.2, 0) is 11.2 Å². The number of benzene rings is 1. The normalized spacial score (nSPS) is 14.4. The van der Waals surface area contributed by atoms with Gasteiger partial charge >= 0.3 is 0 Å². The Hall–Kier alpha value is -2.63. The van der Waals surface area contributed by atoms with E-state index < -0.39 is 0 Å². The lowest BCUT2D eigenvalue weighted by molar-refractivity contribution is -0.131. The van der Waals surface area contributed by atoms with Crippen molar-refractivity contribution >= 4 is 17.4 Å². The number of amides is 1. The minimum absolute atomic E-state index is 0.258. The van der Waals surface area contributed by atoms with Gasteiger partial charge < -0.3 is 14.7 Å². The van der Waals surface area contributed by atoms with Gasteiger partial charge in [-0.3, -0.25) is 4.79 Å². The van der Waals surface area contributed by atoms with Crippen molar-refractivity contribution in [2.45, 2.75) is 19.3 Å². The number of piperazine rings is 1. The van der Waals surface area contributed by atoms with Gasteiger partial charge in [0.05, 0.1) is 11.9 Å². The molecule has 1 aromatic heterocycles.